The zero-order valence-corrected chi connectivity index (χ0v) is 16.3. The molecule has 2 heterocycles. The molecule has 1 N–H and O–H groups in total. The molecule has 0 spiro atoms. The van der Waals surface area contributed by atoms with E-state index in [0.717, 1.165) is 14.9 Å². The van der Waals surface area contributed by atoms with Crippen LogP contribution in [0.2, 0.25) is 0 Å². The average Bonchev–Trinajstić information content (AvgIpc) is 3.20. The number of nitrogens with one attached hydrogen (secondary N) is 1. The molecule has 140 valence electrons. The van der Waals surface area contributed by atoms with Gasteiger partial charge in [-0.3, -0.25) is 9.69 Å². The van der Waals surface area contributed by atoms with Gasteiger partial charge in [-0.2, -0.15) is 13.2 Å². The number of rotatable bonds is 5. The van der Waals surface area contributed by atoms with E-state index < -0.39 is 17.5 Å². The molecule has 1 fully saturated rings. The number of likely N-dealkylation sites (tertiary alicyclic amines) is 1. The van der Waals surface area contributed by atoms with Crippen LogP contribution in [0.15, 0.2) is 46.3 Å². The van der Waals surface area contributed by atoms with Gasteiger partial charge >= 0.3 is 6.18 Å². The summed E-state index contributed by atoms with van der Waals surface area (Å²) < 4.78 is 42.3. The van der Waals surface area contributed by atoms with Crippen molar-refractivity contribution in [2.45, 2.75) is 25.7 Å². The quantitative estimate of drug-likeness (QED) is 0.728. The highest BCUT2D eigenvalue weighted by Gasteiger charge is 2.62. The Bertz CT molecular complexity index is 765. The van der Waals surface area contributed by atoms with Crippen molar-refractivity contribution >= 4 is 33.2 Å². The molecule has 1 aliphatic heterocycles. The van der Waals surface area contributed by atoms with Gasteiger partial charge < -0.3 is 5.32 Å². The van der Waals surface area contributed by atoms with Gasteiger partial charge in [-0.1, -0.05) is 30.3 Å². The van der Waals surface area contributed by atoms with Gasteiger partial charge in [0.05, 0.1) is 6.54 Å². The van der Waals surface area contributed by atoms with Crippen molar-refractivity contribution in [1.82, 2.24) is 10.2 Å². The lowest BCUT2D eigenvalue weighted by molar-refractivity contribution is -0.218. The van der Waals surface area contributed by atoms with Crippen LogP contribution in [0, 0.1) is 5.41 Å². The Hall–Kier alpha value is -1.38. The highest BCUT2D eigenvalue weighted by atomic mass is 79.9. The molecule has 0 saturated carbocycles. The van der Waals surface area contributed by atoms with Crippen molar-refractivity contribution in [2.24, 2.45) is 5.41 Å². The molecule has 0 bridgehead atoms. The lowest BCUT2D eigenvalue weighted by atomic mass is 9.85. The first-order valence-electron chi connectivity index (χ1n) is 8.14. The number of carbonyl (C=O) groups is 1. The maximum absolute atomic E-state index is 13.8. The second-order valence-corrected chi connectivity index (χ2v) is 8.35. The van der Waals surface area contributed by atoms with Gasteiger partial charge in [0.15, 0.2) is 5.41 Å². The topological polar surface area (TPSA) is 32.3 Å². The molecule has 1 unspecified atom stereocenters. The highest BCUT2D eigenvalue weighted by molar-refractivity contribution is 9.10. The first-order valence-corrected chi connectivity index (χ1v) is 9.82. The SMILES string of the molecule is O=C(NCc1cc(Br)cs1)C1(C(F)(F)F)CCN(Cc2ccccc2)C1. The third kappa shape index (κ3) is 4.13. The minimum Gasteiger partial charge on any atom is -0.350 e. The minimum absolute atomic E-state index is 0.103. The van der Waals surface area contributed by atoms with Crippen LogP contribution in [0.1, 0.15) is 16.9 Å². The first-order chi connectivity index (χ1) is 12.3. The van der Waals surface area contributed by atoms with Gasteiger partial charge in [0.1, 0.15) is 0 Å². The monoisotopic (exact) mass is 446 g/mol. The third-order valence-electron chi connectivity index (χ3n) is 4.62. The predicted molar refractivity (Wildman–Crippen MR) is 98.7 cm³/mol. The number of amides is 1. The van der Waals surface area contributed by atoms with Crippen LogP contribution >= 0.6 is 27.3 Å². The molecule has 1 aromatic carbocycles. The van der Waals surface area contributed by atoms with Gasteiger partial charge in [-0.25, -0.2) is 0 Å². The van der Waals surface area contributed by atoms with E-state index in [4.69, 9.17) is 0 Å². The van der Waals surface area contributed by atoms with Crippen molar-refractivity contribution < 1.29 is 18.0 Å². The largest absolute Gasteiger partial charge is 0.404 e. The normalized spacial score (nSPS) is 21.1. The van der Waals surface area contributed by atoms with Gasteiger partial charge in [-0.05, 0) is 40.5 Å². The lowest BCUT2D eigenvalue weighted by Crippen LogP contribution is -2.52. The number of hydrogen-bond acceptors (Lipinski definition) is 3. The third-order valence-corrected chi connectivity index (χ3v) is 6.32. The zero-order chi connectivity index (χ0) is 18.8. The molecule has 0 aliphatic carbocycles. The molecule has 0 radical (unpaired) electrons. The maximum atomic E-state index is 13.8. The summed E-state index contributed by atoms with van der Waals surface area (Å²) >= 11 is 4.69. The van der Waals surface area contributed by atoms with Crippen molar-refractivity contribution in [2.75, 3.05) is 13.1 Å². The van der Waals surface area contributed by atoms with Crippen LogP contribution in [0.3, 0.4) is 0 Å². The van der Waals surface area contributed by atoms with Crippen molar-refractivity contribution in [3.8, 4) is 0 Å². The standard InChI is InChI=1S/C18H18BrF3N2OS/c19-14-8-15(26-11-14)9-23-16(25)17(18(20,21)22)6-7-24(12-17)10-13-4-2-1-3-5-13/h1-5,8,11H,6-7,9-10,12H2,(H,23,25). The smallest absolute Gasteiger partial charge is 0.350 e. The van der Waals surface area contributed by atoms with E-state index in [-0.39, 0.29) is 26.1 Å². The predicted octanol–water partition coefficient (Wildman–Crippen LogP) is 4.58. The lowest BCUT2D eigenvalue weighted by Gasteiger charge is -2.30. The summed E-state index contributed by atoms with van der Waals surface area (Å²) in [6.07, 6.45) is -4.80. The van der Waals surface area contributed by atoms with Gasteiger partial charge in [0.25, 0.3) is 0 Å². The van der Waals surface area contributed by atoms with Crippen LogP contribution < -0.4 is 5.32 Å². The van der Waals surface area contributed by atoms with Gasteiger partial charge in [-0.15, -0.1) is 11.3 Å². The number of carbonyl (C=O) groups excluding carboxylic acids is 1. The Morgan fingerprint density at radius 3 is 2.65 bits per heavy atom. The molecule has 2 aromatic rings. The van der Waals surface area contributed by atoms with Crippen LogP contribution in [-0.4, -0.2) is 30.1 Å². The molecule has 1 aliphatic rings. The Morgan fingerprint density at radius 1 is 1.31 bits per heavy atom. The molecule has 1 aromatic heterocycles. The Labute approximate surface area is 162 Å². The Kier molecular flexibility index (Phi) is 5.74. The average molecular weight is 447 g/mol. The highest BCUT2D eigenvalue weighted by Crippen LogP contribution is 2.46. The second kappa shape index (κ2) is 7.70. The summed E-state index contributed by atoms with van der Waals surface area (Å²) in [5.74, 6) is -0.940. The number of hydrogen-bond donors (Lipinski definition) is 1. The summed E-state index contributed by atoms with van der Waals surface area (Å²) in [4.78, 5) is 15.0. The Balaban J connectivity index is 1.70. The van der Waals surface area contributed by atoms with Crippen LogP contribution in [0.4, 0.5) is 13.2 Å². The maximum Gasteiger partial charge on any atom is 0.404 e. The number of halogens is 4. The summed E-state index contributed by atoms with van der Waals surface area (Å²) in [5, 5.41) is 4.32. The van der Waals surface area contributed by atoms with Crippen LogP contribution in [-0.2, 0) is 17.9 Å². The van der Waals surface area contributed by atoms with Crippen LogP contribution in [0.25, 0.3) is 0 Å². The summed E-state index contributed by atoms with van der Waals surface area (Å²) in [6.45, 7) is 0.438. The fourth-order valence-corrected chi connectivity index (χ4v) is 4.58. The number of benzene rings is 1. The minimum atomic E-state index is -4.58. The molecule has 26 heavy (non-hydrogen) atoms. The van der Waals surface area contributed by atoms with E-state index in [1.807, 2.05) is 35.7 Å². The molecule has 3 nitrogen and oxygen atoms in total. The van der Waals surface area contributed by atoms with E-state index in [2.05, 4.69) is 21.2 Å². The van der Waals surface area contributed by atoms with E-state index in [0.29, 0.717) is 6.54 Å². The first kappa shape index (κ1) is 19.4. The van der Waals surface area contributed by atoms with E-state index in [1.54, 1.807) is 11.0 Å². The molecule has 8 heteroatoms. The fourth-order valence-electron chi connectivity index (χ4n) is 3.19. The summed E-state index contributed by atoms with van der Waals surface area (Å²) in [5.41, 5.74) is -1.41. The number of alkyl halides is 3. The second-order valence-electron chi connectivity index (χ2n) is 6.44. The Morgan fingerprint density at radius 2 is 2.04 bits per heavy atom. The van der Waals surface area contributed by atoms with E-state index in [9.17, 15) is 18.0 Å². The van der Waals surface area contributed by atoms with Crippen LogP contribution in [0.5, 0.6) is 0 Å². The molecular formula is C18H18BrF3N2OS. The van der Waals surface area contributed by atoms with Crippen molar-refractivity contribution in [1.29, 1.82) is 0 Å². The fraction of sp³-hybridized carbons (Fsp3) is 0.389. The number of thiophene rings is 1. The van der Waals surface area contributed by atoms with Gasteiger partial charge in [0, 0.05) is 27.8 Å². The van der Waals surface area contributed by atoms with E-state index in [1.165, 1.54) is 11.3 Å². The van der Waals surface area contributed by atoms with Gasteiger partial charge in [0.2, 0.25) is 5.91 Å². The summed E-state index contributed by atoms with van der Waals surface area (Å²) in [7, 11) is 0. The molecular weight excluding hydrogens is 429 g/mol. The van der Waals surface area contributed by atoms with Crippen molar-refractivity contribution in [3.05, 3.63) is 56.7 Å². The summed E-state index contributed by atoms with van der Waals surface area (Å²) in [6, 6.07) is 11.1. The number of nitrogens with zero attached hydrogens (tertiary/aromatic N) is 1. The molecule has 3 rings (SSSR count). The molecule has 1 saturated heterocycles. The molecule has 1 atom stereocenters. The van der Waals surface area contributed by atoms with E-state index >= 15 is 0 Å². The molecule has 1 amide bonds. The zero-order valence-electron chi connectivity index (χ0n) is 13.9. The van der Waals surface area contributed by atoms with Crippen molar-refractivity contribution in [3.63, 3.8) is 0 Å².